The van der Waals surface area contributed by atoms with Crippen molar-refractivity contribution in [2.24, 2.45) is 0 Å². The molecule has 0 aliphatic rings. The smallest absolute Gasteiger partial charge is 0.178 e. The predicted octanol–water partition coefficient (Wildman–Crippen LogP) is 3.36. The minimum atomic E-state index is 0.0194. The summed E-state index contributed by atoms with van der Waals surface area (Å²) in [6.45, 7) is 7.68. The molecular weight excluding hydrogens is 198 g/mol. The van der Waals surface area contributed by atoms with Gasteiger partial charge in [-0.1, -0.05) is 12.1 Å². The van der Waals surface area contributed by atoms with Gasteiger partial charge in [0, 0.05) is 12.3 Å². The monoisotopic (exact) mass is 213 g/mol. The number of hydrogen-bond acceptors (Lipinski definition) is 2. The molecule has 2 rings (SSSR count). The topological polar surface area (TPSA) is 30.0 Å². The molecule has 2 heteroatoms. The van der Waals surface area contributed by atoms with Crippen molar-refractivity contribution < 1.29 is 4.79 Å². The third kappa shape index (κ3) is 1.60. The Morgan fingerprint density at radius 1 is 1.12 bits per heavy atom. The molecule has 0 bridgehead atoms. The lowest BCUT2D eigenvalue weighted by atomic mass is 10.0. The quantitative estimate of drug-likeness (QED) is 0.680. The first kappa shape index (κ1) is 10.8. The Hall–Kier alpha value is -1.70. The fourth-order valence-corrected chi connectivity index (χ4v) is 1.88. The highest BCUT2D eigenvalue weighted by atomic mass is 16.1. The summed E-state index contributed by atoms with van der Waals surface area (Å²) in [5.41, 5.74) is 4.98. The van der Waals surface area contributed by atoms with Crippen LogP contribution in [-0.4, -0.2) is 10.8 Å². The van der Waals surface area contributed by atoms with E-state index in [0.717, 1.165) is 22.0 Å². The average Bonchev–Trinajstić information content (AvgIpc) is 2.23. The lowest BCUT2D eigenvalue weighted by molar-refractivity contribution is 0.101. The van der Waals surface area contributed by atoms with Gasteiger partial charge in [0.1, 0.15) is 5.69 Å². The van der Waals surface area contributed by atoms with Crippen molar-refractivity contribution in [2.45, 2.75) is 27.7 Å². The number of nitrogens with zero attached hydrogens (tertiary/aromatic N) is 1. The predicted molar refractivity (Wildman–Crippen MR) is 66.0 cm³/mol. The second kappa shape index (κ2) is 3.71. The summed E-state index contributed by atoms with van der Waals surface area (Å²) in [5, 5.41) is 1.13. The van der Waals surface area contributed by atoms with Crippen LogP contribution in [-0.2, 0) is 0 Å². The molecule has 0 radical (unpaired) electrons. The number of aromatic nitrogens is 1. The lowest BCUT2D eigenvalue weighted by Gasteiger charge is -2.08. The van der Waals surface area contributed by atoms with E-state index in [9.17, 15) is 4.79 Å². The van der Waals surface area contributed by atoms with Gasteiger partial charge in [-0.25, -0.2) is 4.98 Å². The van der Waals surface area contributed by atoms with E-state index < -0.39 is 0 Å². The lowest BCUT2D eigenvalue weighted by Crippen LogP contribution is -2.00. The van der Waals surface area contributed by atoms with Crippen LogP contribution in [0.2, 0.25) is 0 Å². The Kier molecular flexibility index (Phi) is 2.50. The van der Waals surface area contributed by atoms with Crippen LogP contribution in [0.5, 0.6) is 0 Å². The zero-order chi connectivity index (χ0) is 11.9. The molecule has 0 N–H and O–H groups in total. The van der Waals surface area contributed by atoms with E-state index in [1.165, 1.54) is 5.56 Å². The van der Waals surface area contributed by atoms with Crippen LogP contribution in [0.4, 0.5) is 0 Å². The van der Waals surface area contributed by atoms with Gasteiger partial charge in [0.25, 0.3) is 0 Å². The first-order chi connectivity index (χ1) is 7.50. The van der Waals surface area contributed by atoms with Gasteiger partial charge in [-0.2, -0.15) is 0 Å². The molecule has 0 aliphatic carbocycles. The minimum absolute atomic E-state index is 0.0194. The first-order valence-corrected chi connectivity index (χ1v) is 5.39. The van der Waals surface area contributed by atoms with Gasteiger partial charge in [0.2, 0.25) is 0 Å². The van der Waals surface area contributed by atoms with Crippen LogP contribution in [0.1, 0.15) is 34.1 Å². The van der Waals surface area contributed by atoms with Crippen molar-refractivity contribution in [3.05, 3.63) is 40.6 Å². The molecule has 1 aromatic carbocycles. The van der Waals surface area contributed by atoms with Crippen LogP contribution in [0.25, 0.3) is 10.9 Å². The number of rotatable bonds is 1. The maximum absolute atomic E-state index is 11.4. The van der Waals surface area contributed by atoms with Gasteiger partial charge in [-0.05, 0) is 43.5 Å². The van der Waals surface area contributed by atoms with Gasteiger partial charge < -0.3 is 0 Å². The maximum Gasteiger partial charge on any atom is 0.178 e. The van der Waals surface area contributed by atoms with Crippen molar-refractivity contribution in [3.63, 3.8) is 0 Å². The molecule has 1 heterocycles. The van der Waals surface area contributed by atoms with E-state index >= 15 is 0 Å². The molecule has 0 saturated heterocycles. The van der Waals surface area contributed by atoms with Crippen molar-refractivity contribution in [2.75, 3.05) is 0 Å². The van der Waals surface area contributed by atoms with E-state index in [2.05, 4.69) is 24.0 Å². The number of hydrogen-bond donors (Lipinski definition) is 0. The van der Waals surface area contributed by atoms with Crippen LogP contribution in [0, 0.1) is 20.8 Å². The summed E-state index contributed by atoms with van der Waals surface area (Å²) in [6, 6.07) is 6.03. The number of Topliss-reactive ketones (excluding diaryl/α,β-unsaturated/α-hetero) is 1. The van der Waals surface area contributed by atoms with E-state index in [4.69, 9.17) is 0 Å². The largest absolute Gasteiger partial charge is 0.293 e. The third-order valence-corrected chi connectivity index (χ3v) is 3.07. The summed E-state index contributed by atoms with van der Waals surface area (Å²) in [6.07, 6.45) is 0. The van der Waals surface area contributed by atoms with Gasteiger partial charge in [0.15, 0.2) is 5.78 Å². The molecule has 16 heavy (non-hydrogen) atoms. The highest BCUT2D eigenvalue weighted by molar-refractivity contribution is 5.96. The molecule has 0 atom stereocenters. The normalized spacial score (nSPS) is 10.8. The Morgan fingerprint density at radius 3 is 2.44 bits per heavy atom. The molecule has 0 spiro atoms. The molecule has 0 aliphatic heterocycles. The number of pyridine rings is 1. The molecule has 0 unspecified atom stereocenters. The summed E-state index contributed by atoms with van der Waals surface area (Å²) >= 11 is 0. The van der Waals surface area contributed by atoms with Crippen molar-refractivity contribution in [3.8, 4) is 0 Å². The van der Waals surface area contributed by atoms with Gasteiger partial charge in [-0.3, -0.25) is 4.79 Å². The van der Waals surface area contributed by atoms with E-state index in [1.807, 2.05) is 19.9 Å². The molecule has 82 valence electrons. The van der Waals surface area contributed by atoms with E-state index in [0.29, 0.717) is 5.69 Å². The molecule has 1 aromatic heterocycles. The second-order valence-corrected chi connectivity index (χ2v) is 4.28. The van der Waals surface area contributed by atoms with Crippen LogP contribution in [0.15, 0.2) is 18.2 Å². The Balaban J connectivity index is 2.88. The third-order valence-electron chi connectivity index (χ3n) is 3.07. The maximum atomic E-state index is 11.4. The molecule has 2 aromatic rings. The molecule has 2 nitrogen and oxygen atoms in total. The average molecular weight is 213 g/mol. The summed E-state index contributed by atoms with van der Waals surface area (Å²) in [7, 11) is 0. The highest BCUT2D eigenvalue weighted by Crippen LogP contribution is 2.23. The summed E-state index contributed by atoms with van der Waals surface area (Å²) < 4.78 is 0. The van der Waals surface area contributed by atoms with Crippen LogP contribution in [0.3, 0.4) is 0 Å². The number of carbonyl (C=O) groups excluding carboxylic acids is 1. The van der Waals surface area contributed by atoms with Crippen LogP contribution >= 0.6 is 0 Å². The zero-order valence-corrected chi connectivity index (χ0v) is 10.1. The number of ketones is 1. The summed E-state index contributed by atoms with van der Waals surface area (Å²) in [5.74, 6) is 0.0194. The standard InChI is InChI=1S/C14H15NO/c1-8-5-6-12-9(2)7-13(11(4)16)15-14(12)10(8)3/h5-7H,1-4H3. The fourth-order valence-electron chi connectivity index (χ4n) is 1.88. The van der Waals surface area contributed by atoms with Gasteiger partial charge in [0.05, 0.1) is 5.52 Å². The number of benzene rings is 1. The van der Waals surface area contributed by atoms with Gasteiger partial charge >= 0.3 is 0 Å². The first-order valence-electron chi connectivity index (χ1n) is 5.39. The second-order valence-electron chi connectivity index (χ2n) is 4.28. The highest BCUT2D eigenvalue weighted by Gasteiger charge is 2.08. The Bertz CT molecular complexity index is 585. The van der Waals surface area contributed by atoms with Crippen LogP contribution < -0.4 is 0 Å². The number of fused-ring (bicyclic) bond motifs is 1. The molecule has 0 saturated carbocycles. The van der Waals surface area contributed by atoms with Gasteiger partial charge in [-0.15, -0.1) is 0 Å². The fraction of sp³-hybridized carbons (Fsp3) is 0.286. The Morgan fingerprint density at radius 2 is 1.81 bits per heavy atom. The molecule has 0 fully saturated rings. The zero-order valence-electron chi connectivity index (χ0n) is 10.1. The number of aryl methyl sites for hydroxylation is 3. The SMILES string of the molecule is CC(=O)c1cc(C)c2ccc(C)c(C)c2n1. The Labute approximate surface area is 95.3 Å². The van der Waals surface area contributed by atoms with Crippen molar-refractivity contribution in [1.29, 1.82) is 0 Å². The summed E-state index contributed by atoms with van der Waals surface area (Å²) in [4.78, 5) is 15.8. The van der Waals surface area contributed by atoms with E-state index in [1.54, 1.807) is 6.92 Å². The van der Waals surface area contributed by atoms with E-state index in [-0.39, 0.29) is 5.78 Å². The van der Waals surface area contributed by atoms with Crippen molar-refractivity contribution in [1.82, 2.24) is 4.98 Å². The molecule has 0 amide bonds. The minimum Gasteiger partial charge on any atom is -0.293 e. The molecular formula is C14H15NO. The number of carbonyl (C=O) groups is 1. The van der Waals surface area contributed by atoms with Crippen molar-refractivity contribution >= 4 is 16.7 Å².